The molecule has 2 aromatic carbocycles. The standard InChI is InChI=1S/C17H19ClFNO/c1-3-10-20-17(14-6-4-5-7-16(14)19)13-9-8-12(21-2)11-15(13)18/h4-9,11,17,20H,3,10H2,1-2H3. The van der Waals surface area contributed by atoms with E-state index >= 15 is 0 Å². The van der Waals surface area contributed by atoms with E-state index in [4.69, 9.17) is 16.3 Å². The van der Waals surface area contributed by atoms with Gasteiger partial charge >= 0.3 is 0 Å². The van der Waals surface area contributed by atoms with E-state index in [1.54, 1.807) is 25.3 Å². The Balaban J connectivity index is 2.43. The monoisotopic (exact) mass is 307 g/mol. The zero-order valence-corrected chi connectivity index (χ0v) is 13.0. The van der Waals surface area contributed by atoms with Gasteiger partial charge in [0.25, 0.3) is 0 Å². The van der Waals surface area contributed by atoms with Crippen molar-refractivity contribution in [3.05, 3.63) is 64.4 Å². The van der Waals surface area contributed by atoms with E-state index in [-0.39, 0.29) is 11.9 Å². The van der Waals surface area contributed by atoms with Crippen LogP contribution in [-0.2, 0) is 0 Å². The third-order valence-corrected chi connectivity index (χ3v) is 3.66. The van der Waals surface area contributed by atoms with Gasteiger partial charge in [-0.2, -0.15) is 0 Å². The third kappa shape index (κ3) is 3.74. The van der Waals surface area contributed by atoms with Gasteiger partial charge in [0.15, 0.2) is 0 Å². The van der Waals surface area contributed by atoms with Crippen molar-refractivity contribution in [1.29, 1.82) is 0 Å². The highest BCUT2D eigenvalue weighted by molar-refractivity contribution is 6.31. The van der Waals surface area contributed by atoms with Crippen LogP contribution in [0.2, 0.25) is 5.02 Å². The van der Waals surface area contributed by atoms with Crippen LogP contribution < -0.4 is 10.1 Å². The lowest BCUT2D eigenvalue weighted by molar-refractivity contribution is 0.414. The van der Waals surface area contributed by atoms with Crippen molar-refractivity contribution in [1.82, 2.24) is 5.32 Å². The van der Waals surface area contributed by atoms with Crippen LogP contribution in [0.3, 0.4) is 0 Å². The number of hydrogen-bond donors (Lipinski definition) is 1. The zero-order chi connectivity index (χ0) is 15.2. The maximum Gasteiger partial charge on any atom is 0.128 e. The Morgan fingerprint density at radius 2 is 1.95 bits per heavy atom. The average Bonchev–Trinajstić information content (AvgIpc) is 2.50. The predicted octanol–water partition coefficient (Wildman–Crippen LogP) is 4.58. The Morgan fingerprint density at radius 1 is 1.19 bits per heavy atom. The second-order valence-corrected chi connectivity index (χ2v) is 5.20. The summed E-state index contributed by atoms with van der Waals surface area (Å²) in [7, 11) is 1.59. The quantitative estimate of drug-likeness (QED) is 0.843. The molecule has 0 radical (unpaired) electrons. The Kier molecular flexibility index (Phi) is 5.59. The van der Waals surface area contributed by atoms with Crippen molar-refractivity contribution in [2.75, 3.05) is 13.7 Å². The van der Waals surface area contributed by atoms with Gasteiger partial charge in [0.2, 0.25) is 0 Å². The fourth-order valence-electron chi connectivity index (χ4n) is 2.25. The van der Waals surface area contributed by atoms with E-state index in [0.29, 0.717) is 16.3 Å². The van der Waals surface area contributed by atoms with Crippen molar-refractivity contribution in [2.45, 2.75) is 19.4 Å². The highest BCUT2D eigenvalue weighted by Gasteiger charge is 2.19. The first-order valence-corrected chi connectivity index (χ1v) is 7.36. The van der Waals surface area contributed by atoms with E-state index < -0.39 is 0 Å². The van der Waals surface area contributed by atoms with E-state index in [0.717, 1.165) is 18.5 Å². The molecular weight excluding hydrogens is 289 g/mol. The highest BCUT2D eigenvalue weighted by atomic mass is 35.5. The molecule has 0 aliphatic rings. The summed E-state index contributed by atoms with van der Waals surface area (Å²) >= 11 is 6.34. The first-order chi connectivity index (χ1) is 10.2. The summed E-state index contributed by atoms with van der Waals surface area (Å²) < 4.78 is 19.3. The van der Waals surface area contributed by atoms with Crippen LogP contribution in [-0.4, -0.2) is 13.7 Å². The molecule has 0 aromatic heterocycles. The molecule has 1 N–H and O–H groups in total. The topological polar surface area (TPSA) is 21.3 Å². The van der Waals surface area contributed by atoms with Crippen LogP contribution >= 0.6 is 11.6 Å². The number of halogens is 2. The molecule has 0 spiro atoms. The molecule has 112 valence electrons. The molecule has 21 heavy (non-hydrogen) atoms. The zero-order valence-electron chi connectivity index (χ0n) is 12.2. The molecule has 0 bridgehead atoms. The van der Waals surface area contributed by atoms with Gasteiger partial charge in [0, 0.05) is 10.6 Å². The third-order valence-electron chi connectivity index (χ3n) is 3.33. The molecular formula is C17H19ClFNO. The Morgan fingerprint density at radius 3 is 2.57 bits per heavy atom. The lowest BCUT2D eigenvalue weighted by Crippen LogP contribution is -2.24. The highest BCUT2D eigenvalue weighted by Crippen LogP contribution is 2.32. The van der Waals surface area contributed by atoms with Gasteiger partial charge in [0.05, 0.1) is 13.2 Å². The van der Waals surface area contributed by atoms with Crippen LogP contribution in [0.1, 0.15) is 30.5 Å². The average molecular weight is 308 g/mol. The maximum atomic E-state index is 14.1. The molecule has 0 fully saturated rings. The maximum absolute atomic E-state index is 14.1. The molecule has 1 unspecified atom stereocenters. The molecule has 2 nitrogen and oxygen atoms in total. The van der Waals surface area contributed by atoms with E-state index in [9.17, 15) is 4.39 Å². The van der Waals surface area contributed by atoms with Gasteiger partial charge < -0.3 is 10.1 Å². The molecule has 0 aliphatic carbocycles. The van der Waals surface area contributed by atoms with Gasteiger partial charge in [0.1, 0.15) is 11.6 Å². The lowest BCUT2D eigenvalue weighted by Gasteiger charge is -2.21. The molecule has 0 saturated carbocycles. The van der Waals surface area contributed by atoms with Gasteiger partial charge in [-0.1, -0.05) is 42.8 Å². The first-order valence-electron chi connectivity index (χ1n) is 6.98. The number of benzene rings is 2. The largest absolute Gasteiger partial charge is 0.497 e. The minimum Gasteiger partial charge on any atom is -0.497 e. The molecule has 0 amide bonds. The minimum atomic E-state index is -0.274. The van der Waals surface area contributed by atoms with Crippen LogP contribution in [0, 0.1) is 5.82 Å². The summed E-state index contributed by atoms with van der Waals surface area (Å²) in [4.78, 5) is 0. The van der Waals surface area contributed by atoms with E-state index in [1.807, 2.05) is 18.2 Å². The molecule has 4 heteroatoms. The lowest BCUT2D eigenvalue weighted by atomic mass is 9.97. The van der Waals surface area contributed by atoms with E-state index in [1.165, 1.54) is 6.07 Å². The van der Waals surface area contributed by atoms with Crippen molar-refractivity contribution >= 4 is 11.6 Å². The fourth-order valence-corrected chi connectivity index (χ4v) is 2.53. The number of hydrogen-bond acceptors (Lipinski definition) is 2. The van der Waals surface area contributed by atoms with Gasteiger partial charge in [-0.25, -0.2) is 4.39 Å². The van der Waals surface area contributed by atoms with Gasteiger partial charge in [-0.05, 0) is 36.7 Å². The second-order valence-electron chi connectivity index (χ2n) is 4.80. The smallest absolute Gasteiger partial charge is 0.128 e. The van der Waals surface area contributed by atoms with Gasteiger partial charge in [-0.3, -0.25) is 0 Å². The van der Waals surface area contributed by atoms with Crippen LogP contribution in [0.25, 0.3) is 0 Å². The molecule has 0 aliphatic heterocycles. The molecule has 1 atom stereocenters. The van der Waals surface area contributed by atoms with Crippen LogP contribution in [0.15, 0.2) is 42.5 Å². The second kappa shape index (κ2) is 7.43. The number of rotatable bonds is 6. The molecule has 0 heterocycles. The van der Waals surface area contributed by atoms with E-state index in [2.05, 4.69) is 12.2 Å². The SMILES string of the molecule is CCCNC(c1ccccc1F)c1ccc(OC)cc1Cl. The Bertz CT molecular complexity index is 603. The Labute approximate surface area is 129 Å². The summed E-state index contributed by atoms with van der Waals surface area (Å²) in [5.41, 5.74) is 1.44. The minimum absolute atomic E-state index is 0.238. The molecule has 0 saturated heterocycles. The summed E-state index contributed by atoms with van der Waals surface area (Å²) in [5, 5.41) is 3.92. The van der Waals surface area contributed by atoms with Crippen molar-refractivity contribution in [2.24, 2.45) is 0 Å². The number of nitrogens with one attached hydrogen (secondary N) is 1. The van der Waals surface area contributed by atoms with Crippen molar-refractivity contribution < 1.29 is 9.13 Å². The fraction of sp³-hybridized carbons (Fsp3) is 0.294. The van der Waals surface area contributed by atoms with Crippen molar-refractivity contribution in [3.8, 4) is 5.75 Å². The first kappa shape index (κ1) is 15.8. The summed E-state index contributed by atoms with van der Waals surface area (Å²) in [5.74, 6) is 0.449. The van der Waals surface area contributed by atoms with Crippen LogP contribution in [0.5, 0.6) is 5.75 Å². The number of ether oxygens (including phenoxy) is 1. The Hall–Kier alpha value is -1.58. The normalized spacial score (nSPS) is 12.2. The molecule has 2 aromatic rings. The summed E-state index contributed by atoms with van der Waals surface area (Å²) in [6.07, 6.45) is 0.957. The van der Waals surface area contributed by atoms with Gasteiger partial charge in [-0.15, -0.1) is 0 Å². The number of methoxy groups -OCH3 is 1. The summed E-state index contributed by atoms with van der Waals surface area (Å²) in [6, 6.07) is 11.9. The van der Waals surface area contributed by atoms with Crippen molar-refractivity contribution in [3.63, 3.8) is 0 Å². The summed E-state index contributed by atoms with van der Waals surface area (Å²) in [6.45, 7) is 2.85. The predicted molar refractivity (Wildman–Crippen MR) is 84.5 cm³/mol. The van der Waals surface area contributed by atoms with Crippen LogP contribution in [0.4, 0.5) is 4.39 Å². The molecule has 2 rings (SSSR count).